The Morgan fingerprint density at radius 2 is 2.18 bits per heavy atom. The van der Waals surface area contributed by atoms with Crippen molar-refractivity contribution in [3.05, 3.63) is 59.0 Å². The third-order valence-corrected chi connectivity index (χ3v) is 7.21. The molecule has 0 saturated heterocycles. The fourth-order valence-electron chi connectivity index (χ4n) is 5.22. The molecule has 3 aromatic rings. The number of halogens is 1. The molecule has 1 saturated carbocycles. The van der Waals surface area contributed by atoms with Crippen LogP contribution in [-0.4, -0.2) is 36.7 Å². The summed E-state index contributed by atoms with van der Waals surface area (Å²) in [7, 11) is 1.59. The average molecular weight is 452 g/mol. The Kier molecular flexibility index (Phi) is 5.98. The molecule has 5 rings (SSSR count). The van der Waals surface area contributed by atoms with E-state index in [9.17, 15) is 9.18 Å². The van der Waals surface area contributed by atoms with E-state index in [4.69, 9.17) is 15.2 Å². The smallest absolute Gasteiger partial charge is 0.249 e. The Labute approximate surface area is 192 Å². The van der Waals surface area contributed by atoms with Crippen LogP contribution >= 0.6 is 0 Å². The summed E-state index contributed by atoms with van der Waals surface area (Å²) in [6.07, 6.45) is 8.16. The zero-order valence-electron chi connectivity index (χ0n) is 18.8. The average Bonchev–Trinajstić information content (AvgIpc) is 3.17. The highest BCUT2D eigenvalue weighted by Crippen LogP contribution is 2.38. The Morgan fingerprint density at radius 1 is 1.33 bits per heavy atom. The van der Waals surface area contributed by atoms with E-state index < -0.39 is 5.91 Å². The van der Waals surface area contributed by atoms with Crippen LogP contribution in [0.25, 0.3) is 10.9 Å². The van der Waals surface area contributed by atoms with Crippen molar-refractivity contribution in [1.82, 2.24) is 10.3 Å². The number of aryl methyl sites for hydroxylation is 1. The number of amides is 1. The molecule has 174 valence electrons. The predicted octanol–water partition coefficient (Wildman–Crippen LogP) is 4.11. The van der Waals surface area contributed by atoms with Crippen LogP contribution in [0.4, 0.5) is 4.39 Å². The van der Waals surface area contributed by atoms with Gasteiger partial charge in [0.1, 0.15) is 12.4 Å². The molecule has 1 aromatic heterocycles. The summed E-state index contributed by atoms with van der Waals surface area (Å²) >= 11 is 0. The van der Waals surface area contributed by atoms with Gasteiger partial charge >= 0.3 is 0 Å². The Hall–Kier alpha value is -3.06. The van der Waals surface area contributed by atoms with Gasteiger partial charge in [-0.3, -0.25) is 4.79 Å². The maximum Gasteiger partial charge on any atom is 0.249 e. The van der Waals surface area contributed by atoms with Gasteiger partial charge in [0.2, 0.25) is 5.91 Å². The quantitative estimate of drug-likeness (QED) is 0.481. The molecule has 1 fully saturated rings. The second-order valence-corrected chi connectivity index (χ2v) is 9.21. The number of aromatic amines is 1. The molecule has 2 atom stereocenters. The fraction of sp³-hybridized carbons (Fsp3) is 0.423. The number of primary amides is 1. The van der Waals surface area contributed by atoms with Crippen molar-refractivity contribution >= 4 is 16.8 Å². The lowest BCUT2D eigenvalue weighted by Gasteiger charge is -2.38. The second kappa shape index (κ2) is 9.06. The molecule has 0 spiro atoms. The predicted molar refractivity (Wildman–Crippen MR) is 125 cm³/mol. The van der Waals surface area contributed by atoms with E-state index in [1.807, 2.05) is 6.20 Å². The largest absolute Gasteiger partial charge is 0.493 e. The van der Waals surface area contributed by atoms with Gasteiger partial charge in [0.15, 0.2) is 11.5 Å². The van der Waals surface area contributed by atoms with E-state index in [-0.39, 0.29) is 11.9 Å². The summed E-state index contributed by atoms with van der Waals surface area (Å²) < 4.78 is 25.3. The van der Waals surface area contributed by atoms with Crippen LogP contribution in [0.3, 0.4) is 0 Å². The number of hydrogen-bond donors (Lipinski definition) is 3. The normalized spacial score (nSPS) is 18.9. The van der Waals surface area contributed by atoms with Gasteiger partial charge in [0.25, 0.3) is 0 Å². The van der Waals surface area contributed by atoms with Crippen LogP contribution in [0.1, 0.15) is 47.2 Å². The molecule has 2 aromatic carbocycles. The molecule has 1 amide bonds. The first-order valence-corrected chi connectivity index (χ1v) is 11.7. The molecule has 4 N–H and O–H groups in total. The van der Waals surface area contributed by atoms with Gasteiger partial charge in [-0.25, -0.2) is 4.39 Å². The molecule has 0 bridgehead atoms. The van der Waals surface area contributed by atoms with Crippen molar-refractivity contribution in [2.75, 3.05) is 13.7 Å². The van der Waals surface area contributed by atoms with Crippen molar-refractivity contribution < 1.29 is 18.7 Å². The lowest BCUT2D eigenvalue weighted by atomic mass is 9.77. The molecule has 2 aliphatic rings. The molecule has 2 unspecified atom stereocenters. The number of nitrogens with two attached hydrogens (primary N) is 1. The third kappa shape index (κ3) is 4.29. The molecule has 2 heterocycles. The van der Waals surface area contributed by atoms with Crippen molar-refractivity contribution in [2.45, 2.75) is 50.6 Å². The molecule has 6 nitrogen and oxygen atoms in total. The molecule has 7 heteroatoms. The third-order valence-electron chi connectivity index (χ3n) is 7.21. The fourth-order valence-corrected chi connectivity index (χ4v) is 5.22. The van der Waals surface area contributed by atoms with Gasteiger partial charge in [0.05, 0.1) is 7.11 Å². The zero-order valence-corrected chi connectivity index (χ0v) is 18.8. The minimum absolute atomic E-state index is 0.0775. The number of nitrogens with one attached hydrogen (secondary N) is 2. The summed E-state index contributed by atoms with van der Waals surface area (Å²) in [4.78, 5) is 15.3. The lowest BCUT2D eigenvalue weighted by molar-refractivity contribution is 0.0996. The van der Waals surface area contributed by atoms with E-state index in [1.54, 1.807) is 31.4 Å². The summed E-state index contributed by atoms with van der Waals surface area (Å²) in [5.41, 5.74) is 9.03. The summed E-state index contributed by atoms with van der Waals surface area (Å²) in [6.45, 7) is 0.507. The Bertz CT molecular complexity index is 1170. The van der Waals surface area contributed by atoms with Gasteiger partial charge in [0, 0.05) is 40.3 Å². The molecule has 33 heavy (non-hydrogen) atoms. The SMILES string of the molecule is COc1ccc(C(N)=O)c2c1OCC(NC(CCc1c[nH]c3ccc(F)cc13)C1CCC1)C2. The maximum absolute atomic E-state index is 13.8. The zero-order chi connectivity index (χ0) is 22.9. The van der Waals surface area contributed by atoms with Crippen molar-refractivity contribution in [2.24, 2.45) is 11.7 Å². The number of H-pyrrole nitrogens is 1. The highest BCUT2D eigenvalue weighted by Gasteiger charge is 2.32. The van der Waals surface area contributed by atoms with E-state index in [0.717, 1.165) is 34.9 Å². The molecule has 1 aliphatic carbocycles. The number of carbonyl (C=O) groups excluding carboxylic acids is 1. The number of ether oxygens (including phenoxy) is 2. The van der Waals surface area contributed by atoms with Gasteiger partial charge in [-0.2, -0.15) is 0 Å². The monoisotopic (exact) mass is 451 g/mol. The topological polar surface area (TPSA) is 89.4 Å². The Balaban J connectivity index is 1.32. The van der Waals surface area contributed by atoms with E-state index in [2.05, 4.69) is 10.3 Å². The highest BCUT2D eigenvalue weighted by molar-refractivity contribution is 5.95. The molecular formula is C26H30FN3O3. The lowest BCUT2D eigenvalue weighted by Crippen LogP contribution is -2.49. The van der Waals surface area contributed by atoms with Crippen LogP contribution in [0.5, 0.6) is 11.5 Å². The van der Waals surface area contributed by atoms with Gasteiger partial charge < -0.3 is 25.5 Å². The summed E-state index contributed by atoms with van der Waals surface area (Å²) in [6, 6.07) is 8.73. The van der Waals surface area contributed by atoms with Crippen molar-refractivity contribution in [1.29, 1.82) is 0 Å². The van der Waals surface area contributed by atoms with Crippen molar-refractivity contribution in [3.63, 3.8) is 0 Å². The number of fused-ring (bicyclic) bond motifs is 2. The number of benzene rings is 2. The number of carbonyl (C=O) groups is 1. The Morgan fingerprint density at radius 3 is 2.91 bits per heavy atom. The second-order valence-electron chi connectivity index (χ2n) is 9.21. The summed E-state index contributed by atoms with van der Waals surface area (Å²) in [5.74, 6) is 1.19. The standard InChI is InChI=1S/C26H30FN3O3/c1-32-24-10-7-19(26(28)31)21-12-18(14-33-25(21)24)30-22(15-3-2-4-15)8-5-16-13-29-23-9-6-17(27)11-20(16)23/h6-7,9-11,13,15,18,22,29-30H,2-5,8,12,14H2,1H3,(H2,28,31). The van der Waals surface area contributed by atoms with Crippen LogP contribution in [0.15, 0.2) is 36.5 Å². The number of methoxy groups -OCH3 is 1. The van der Waals surface area contributed by atoms with Gasteiger partial charge in [-0.05, 0) is 73.9 Å². The number of aromatic nitrogens is 1. The first kappa shape index (κ1) is 21.8. The van der Waals surface area contributed by atoms with Gasteiger partial charge in [-0.15, -0.1) is 0 Å². The first-order valence-electron chi connectivity index (χ1n) is 11.7. The van der Waals surface area contributed by atoms with Gasteiger partial charge in [-0.1, -0.05) is 6.42 Å². The minimum atomic E-state index is -0.458. The van der Waals surface area contributed by atoms with Crippen molar-refractivity contribution in [3.8, 4) is 11.5 Å². The van der Waals surface area contributed by atoms with Crippen LogP contribution in [-0.2, 0) is 12.8 Å². The molecule has 0 radical (unpaired) electrons. The van der Waals surface area contributed by atoms with E-state index in [1.165, 1.54) is 25.3 Å². The molecule has 1 aliphatic heterocycles. The first-order chi connectivity index (χ1) is 16.0. The number of rotatable bonds is 8. The molecular weight excluding hydrogens is 421 g/mol. The highest BCUT2D eigenvalue weighted by atomic mass is 19.1. The summed E-state index contributed by atoms with van der Waals surface area (Å²) in [5, 5.41) is 4.78. The number of hydrogen-bond acceptors (Lipinski definition) is 4. The van der Waals surface area contributed by atoms with E-state index in [0.29, 0.717) is 42.0 Å². The van der Waals surface area contributed by atoms with Crippen LogP contribution in [0, 0.1) is 11.7 Å². The minimum Gasteiger partial charge on any atom is -0.493 e. The van der Waals surface area contributed by atoms with E-state index >= 15 is 0 Å². The maximum atomic E-state index is 13.8. The van der Waals surface area contributed by atoms with Crippen LogP contribution in [0.2, 0.25) is 0 Å². The van der Waals surface area contributed by atoms with Crippen LogP contribution < -0.4 is 20.5 Å².